The van der Waals surface area contributed by atoms with Gasteiger partial charge in [-0.05, 0) is 36.4 Å². The normalized spacial score (nSPS) is 11.2. The number of fused-ring (bicyclic) bond motifs is 1. The van der Waals surface area contributed by atoms with Crippen LogP contribution in [0.2, 0.25) is 0 Å². The summed E-state index contributed by atoms with van der Waals surface area (Å²) in [6, 6.07) is 17.7. The summed E-state index contributed by atoms with van der Waals surface area (Å²) in [7, 11) is 1.65. The van der Waals surface area contributed by atoms with E-state index in [-0.39, 0.29) is 0 Å². The van der Waals surface area contributed by atoms with E-state index in [0.717, 1.165) is 42.7 Å². The number of nitrogens with zero attached hydrogens (tertiary/aromatic N) is 5. The van der Waals surface area contributed by atoms with E-state index >= 15 is 0 Å². The van der Waals surface area contributed by atoms with Crippen molar-refractivity contribution in [2.75, 3.05) is 7.11 Å². The molecule has 0 spiro atoms. The zero-order valence-corrected chi connectivity index (χ0v) is 17.0. The number of nitrogens with one attached hydrogen (secondary N) is 1. The van der Waals surface area contributed by atoms with E-state index in [0.29, 0.717) is 5.82 Å². The summed E-state index contributed by atoms with van der Waals surface area (Å²) in [5, 5.41) is 21.6. The third-order valence-electron chi connectivity index (χ3n) is 4.30. The van der Waals surface area contributed by atoms with Gasteiger partial charge in [0.25, 0.3) is 0 Å². The summed E-state index contributed by atoms with van der Waals surface area (Å²) in [6.45, 7) is 0. The Balaban J connectivity index is 1.53. The highest BCUT2D eigenvalue weighted by Gasteiger charge is 2.17. The largest absolute Gasteiger partial charge is 0.497 e. The first-order valence-electron chi connectivity index (χ1n) is 8.40. The maximum absolute atomic E-state index is 5.20. The van der Waals surface area contributed by atoms with Crippen LogP contribution in [-0.2, 0) is 0 Å². The van der Waals surface area contributed by atoms with Crippen LogP contribution in [0.3, 0.4) is 0 Å². The van der Waals surface area contributed by atoms with Crippen LogP contribution in [0.15, 0.2) is 59.1 Å². The molecule has 7 nitrogen and oxygen atoms in total. The highest BCUT2D eigenvalue weighted by atomic mass is 79.9. The Kier molecular flexibility index (Phi) is 4.18. The molecule has 3 aromatic heterocycles. The number of aromatic nitrogens is 6. The predicted molar refractivity (Wildman–Crippen MR) is 111 cm³/mol. The van der Waals surface area contributed by atoms with Crippen LogP contribution >= 0.6 is 27.3 Å². The third kappa shape index (κ3) is 2.88. The lowest BCUT2D eigenvalue weighted by Crippen LogP contribution is -1.91. The average molecular weight is 453 g/mol. The van der Waals surface area contributed by atoms with Crippen molar-refractivity contribution in [1.82, 2.24) is 30.0 Å². The van der Waals surface area contributed by atoms with E-state index in [2.05, 4.69) is 36.3 Å². The molecule has 0 aliphatic rings. The molecule has 0 unspecified atom stereocenters. The van der Waals surface area contributed by atoms with E-state index < -0.39 is 0 Å². The predicted octanol–water partition coefficient (Wildman–Crippen LogP) is 4.68. The molecule has 9 heteroatoms. The summed E-state index contributed by atoms with van der Waals surface area (Å²) >= 11 is 5.07. The molecule has 0 radical (unpaired) electrons. The fourth-order valence-corrected chi connectivity index (χ4v) is 4.36. The Morgan fingerprint density at radius 1 is 1.07 bits per heavy atom. The van der Waals surface area contributed by atoms with Crippen molar-refractivity contribution in [3.63, 3.8) is 0 Å². The minimum Gasteiger partial charge on any atom is -0.497 e. The summed E-state index contributed by atoms with van der Waals surface area (Å²) in [6.07, 6.45) is 0. The first kappa shape index (κ1) is 17.1. The molecule has 0 saturated carbocycles. The van der Waals surface area contributed by atoms with Crippen LogP contribution in [0.1, 0.15) is 0 Å². The van der Waals surface area contributed by atoms with Gasteiger partial charge in [0.15, 0.2) is 0 Å². The lowest BCUT2D eigenvalue weighted by Gasteiger charge is -1.99. The zero-order chi connectivity index (χ0) is 19.1. The van der Waals surface area contributed by atoms with Gasteiger partial charge >= 0.3 is 0 Å². The van der Waals surface area contributed by atoms with Gasteiger partial charge in [0.05, 0.1) is 12.8 Å². The van der Waals surface area contributed by atoms with Crippen LogP contribution in [-0.4, -0.2) is 37.1 Å². The van der Waals surface area contributed by atoms with Gasteiger partial charge in [-0.2, -0.15) is 14.7 Å². The Hall–Kier alpha value is -3.04. The second kappa shape index (κ2) is 6.84. The molecule has 0 amide bonds. The van der Waals surface area contributed by atoms with E-state index in [1.54, 1.807) is 11.6 Å². The van der Waals surface area contributed by atoms with Crippen molar-refractivity contribution in [3.8, 4) is 39.1 Å². The zero-order valence-electron chi connectivity index (χ0n) is 14.6. The van der Waals surface area contributed by atoms with Crippen molar-refractivity contribution >= 4 is 32.2 Å². The number of benzene rings is 2. The number of hydrogen-bond acceptors (Lipinski definition) is 6. The van der Waals surface area contributed by atoms with Crippen LogP contribution in [0, 0.1) is 0 Å². The van der Waals surface area contributed by atoms with Gasteiger partial charge in [-0.25, -0.2) is 0 Å². The van der Waals surface area contributed by atoms with Crippen molar-refractivity contribution in [2.45, 2.75) is 0 Å². The first-order valence-corrected chi connectivity index (χ1v) is 10.0. The van der Waals surface area contributed by atoms with Crippen molar-refractivity contribution < 1.29 is 4.74 Å². The molecule has 0 atom stereocenters. The second-order valence-electron chi connectivity index (χ2n) is 6.00. The molecule has 5 rings (SSSR count). The molecule has 0 bridgehead atoms. The summed E-state index contributed by atoms with van der Waals surface area (Å²) in [5.41, 5.74) is 3.57. The van der Waals surface area contributed by atoms with Gasteiger partial charge in [-0.1, -0.05) is 45.5 Å². The Morgan fingerprint density at radius 3 is 2.68 bits per heavy atom. The van der Waals surface area contributed by atoms with Gasteiger partial charge in [0, 0.05) is 15.6 Å². The molecule has 0 aliphatic heterocycles. The SMILES string of the molecule is COc1ccc(-c2cc(-c3nnc4sc(-c5ccccc5Br)nn34)[nH]n2)cc1. The molecule has 0 aliphatic carbocycles. The maximum atomic E-state index is 5.20. The molecule has 1 N–H and O–H groups in total. The summed E-state index contributed by atoms with van der Waals surface area (Å²) < 4.78 is 7.94. The molecule has 28 heavy (non-hydrogen) atoms. The summed E-state index contributed by atoms with van der Waals surface area (Å²) in [5.74, 6) is 1.43. The monoisotopic (exact) mass is 452 g/mol. The smallest absolute Gasteiger partial charge is 0.235 e. The van der Waals surface area contributed by atoms with Crippen molar-refractivity contribution in [3.05, 3.63) is 59.1 Å². The van der Waals surface area contributed by atoms with E-state index in [1.165, 1.54) is 11.3 Å². The minimum absolute atomic E-state index is 0.622. The van der Waals surface area contributed by atoms with Crippen LogP contribution in [0.4, 0.5) is 0 Å². The minimum atomic E-state index is 0.622. The maximum Gasteiger partial charge on any atom is 0.235 e. The molecule has 138 valence electrons. The topological polar surface area (TPSA) is 81.0 Å². The van der Waals surface area contributed by atoms with E-state index in [9.17, 15) is 0 Å². The summed E-state index contributed by atoms with van der Waals surface area (Å²) in [4.78, 5) is 0.723. The quantitative estimate of drug-likeness (QED) is 0.428. The van der Waals surface area contributed by atoms with E-state index in [4.69, 9.17) is 9.84 Å². The number of hydrogen-bond donors (Lipinski definition) is 1. The van der Waals surface area contributed by atoms with Crippen molar-refractivity contribution in [2.24, 2.45) is 0 Å². The van der Waals surface area contributed by atoms with Crippen molar-refractivity contribution in [1.29, 1.82) is 0 Å². The highest BCUT2D eigenvalue weighted by Crippen LogP contribution is 2.32. The Morgan fingerprint density at radius 2 is 1.89 bits per heavy atom. The third-order valence-corrected chi connectivity index (χ3v) is 5.92. The molecule has 5 aromatic rings. The van der Waals surface area contributed by atoms with Crippen LogP contribution in [0.25, 0.3) is 38.3 Å². The van der Waals surface area contributed by atoms with E-state index in [1.807, 2.05) is 54.6 Å². The molecular weight excluding hydrogens is 440 g/mol. The van der Waals surface area contributed by atoms with Gasteiger partial charge in [-0.3, -0.25) is 5.10 Å². The lowest BCUT2D eigenvalue weighted by molar-refractivity contribution is 0.415. The van der Waals surface area contributed by atoms with Gasteiger partial charge < -0.3 is 4.74 Å². The van der Waals surface area contributed by atoms with Crippen LogP contribution in [0.5, 0.6) is 5.75 Å². The van der Waals surface area contributed by atoms with Crippen LogP contribution < -0.4 is 4.74 Å². The van der Waals surface area contributed by atoms with Gasteiger partial charge in [-0.15, -0.1) is 10.2 Å². The number of halogens is 1. The number of methoxy groups -OCH3 is 1. The van der Waals surface area contributed by atoms with Gasteiger partial charge in [0.2, 0.25) is 10.8 Å². The number of aromatic amines is 1. The molecule has 2 aromatic carbocycles. The Bertz CT molecular complexity index is 1270. The fourth-order valence-electron chi connectivity index (χ4n) is 2.87. The number of H-pyrrole nitrogens is 1. The standard InChI is InChI=1S/C19H13BrN6OS/c1-27-12-8-6-11(7-9-12)15-10-16(22-21-15)17-23-24-19-26(17)25-18(28-19)13-4-2-3-5-14(13)20/h2-10H,1H3,(H,21,22). The highest BCUT2D eigenvalue weighted by molar-refractivity contribution is 9.10. The molecule has 0 fully saturated rings. The first-order chi connectivity index (χ1) is 13.7. The Labute approximate surface area is 172 Å². The lowest BCUT2D eigenvalue weighted by atomic mass is 10.1. The fraction of sp³-hybridized carbons (Fsp3) is 0.0526. The molecule has 0 saturated heterocycles. The molecule has 3 heterocycles. The molecular formula is C19H13BrN6OS. The average Bonchev–Trinajstić information content (AvgIpc) is 3.44. The second-order valence-corrected chi connectivity index (χ2v) is 7.81. The van der Waals surface area contributed by atoms with Gasteiger partial charge in [0.1, 0.15) is 16.5 Å². The number of rotatable bonds is 4. The number of ether oxygens (including phenoxy) is 1.